The molecule has 7 nitrogen and oxygen atoms in total. The molecule has 2 rings (SSSR count). The summed E-state index contributed by atoms with van der Waals surface area (Å²) in [7, 11) is 3.11. The van der Waals surface area contributed by atoms with E-state index in [4.69, 9.17) is 9.47 Å². The van der Waals surface area contributed by atoms with E-state index < -0.39 is 0 Å². The predicted octanol–water partition coefficient (Wildman–Crippen LogP) is 3.66. The number of carbonyl (C=O) groups excluding carboxylic acids is 1. The van der Waals surface area contributed by atoms with Gasteiger partial charge in [-0.1, -0.05) is 19.8 Å². The molecule has 0 aliphatic carbocycles. The number of ether oxygens (including phenoxy) is 2. The lowest BCUT2D eigenvalue weighted by Crippen LogP contribution is -2.17. The molecule has 140 valence electrons. The monoisotopic (exact) mass is 358 g/mol. The SMILES string of the molecule is CCCCCNc1nc(C)cc(C(=O)Nc2cc(OC)ccc2OC)n1. The lowest BCUT2D eigenvalue weighted by molar-refractivity contribution is 0.102. The quantitative estimate of drug-likeness (QED) is 0.666. The van der Waals surface area contributed by atoms with Crippen LogP contribution in [-0.2, 0) is 0 Å². The van der Waals surface area contributed by atoms with Crippen molar-refractivity contribution in [2.75, 3.05) is 31.4 Å². The van der Waals surface area contributed by atoms with Crippen molar-refractivity contribution < 1.29 is 14.3 Å². The molecule has 0 radical (unpaired) electrons. The summed E-state index contributed by atoms with van der Waals surface area (Å²) in [4.78, 5) is 21.3. The van der Waals surface area contributed by atoms with Gasteiger partial charge in [-0.25, -0.2) is 9.97 Å². The van der Waals surface area contributed by atoms with E-state index in [0.717, 1.165) is 31.5 Å². The Morgan fingerprint density at radius 2 is 1.92 bits per heavy atom. The zero-order chi connectivity index (χ0) is 18.9. The summed E-state index contributed by atoms with van der Waals surface area (Å²) < 4.78 is 10.5. The molecule has 0 bridgehead atoms. The summed E-state index contributed by atoms with van der Waals surface area (Å²) in [5.74, 6) is 1.30. The number of anilines is 2. The van der Waals surface area contributed by atoms with E-state index in [1.54, 1.807) is 38.5 Å². The number of rotatable bonds is 9. The van der Waals surface area contributed by atoms with Crippen LogP contribution in [0.1, 0.15) is 42.4 Å². The number of hydrogen-bond donors (Lipinski definition) is 2. The lowest BCUT2D eigenvalue weighted by Gasteiger charge is -2.12. The van der Waals surface area contributed by atoms with E-state index in [9.17, 15) is 4.79 Å². The number of aryl methyl sites for hydroxylation is 1. The molecule has 0 atom stereocenters. The van der Waals surface area contributed by atoms with Gasteiger partial charge >= 0.3 is 0 Å². The molecule has 0 aliphatic rings. The third-order valence-electron chi connectivity index (χ3n) is 3.81. The van der Waals surface area contributed by atoms with Gasteiger partial charge in [-0.15, -0.1) is 0 Å². The minimum absolute atomic E-state index is 0.292. The Morgan fingerprint density at radius 1 is 1.12 bits per heavy atom. The third kappa shape index (κ3) is 5.34. The highest BCUT2D eigenvalue weighted by atomic mass is 16.5. The van der Waals surface area contributed by atoms with Crippen LogP contribution in [0.25, 0.3) is 0 Å². The fourth-order valence-electron chi connectivity index (χ4n) is 2.44. The standard InChI is InChI=1S/C19H26N4O3/c1-5-6-7-10-20-19-21-13(2)11-16(23-19)18(24)22-15-12-14(25-3)8-9-17(15)26-4/h8-9,11-12H,5-7,10H2,1-4H3,(H,22,24)(H,20,21,23). The number of amides is 1. The van der Waals surface area contributed by atoms with Crippen molar-refractivity contribution in [3.05, 3.63) is 35.7 Å². The van der Waals surface area contributed by atoms with Crippen LogP contribution in [-0.4, -0.2) is 36.6 Å². The molecule has 2 aromatic rings. The predicted molar refractivity (Wildman–Crippen MR) is 102 cm³/mol. The number of hydrogen-bond acceptors (Lipinski definition) is 6. The van der Waals surface area contributed by atoms with Crippen LogP contribution in [0.4, 0.5) is 11.6 Å². The highest BCUT2D eigenvalue weighted by molar-refractivity contribution is 6.04. The number of nitrogens with zero attached hydrogens (tertiary/aromatic N) is 2. The second-order valence-corrected chi connectivity index (χ2v) is 5.87. The Bertz CT molecular complexity index is 750. The summed E-state index contributed by atoms with van der Waals surface area (Å²) in [6.45, 7) is 4.77. The van der Waals surface area contributed by atoms with E-state index in [1.165, 1.54) is 0 Å². The lowest BCUT2D eigenvalue weighted by atomic mass is 10.2. The zero-order valence-corrected chi connectivity index (χ0v) is 15.8. The summed E-state index contributed by atoms with van der Waals surface area (Å²) in [5.41, 5.74) is 1.53. The third-order valence-corrected chi connectivity index (χ3v) is 3.81. The van der Waals surface area contributed by atoms with Gasteiger partial charge < -0.3 is 20.1 Å². The van der Waals surface area contributed by atoms with Crippen molar-refractivity contribution in [3.63, 3.8) is 0 Å². The van der Waals surface area contributed by atoms with Crippen molar-refractivity contribution in [3.8, 4) is 11.5 Å². The molecule has 1 heterocycles. The molecular weight excluding hydrogens is 332 g/mol. The first-order valence-corrected chi connectivity index (χ1v) is 8.70. The van der Waals surface area contributed by atoms with Crippen molar-refractivity contribution >= 4 is 17.5 Å². The summed E-state index contributed by atoms with van der Waals surface area (Å²) in [6.07, 6.45) is 3.32. The number of unbranched alkanes of at least 4 members (excludes halogenated alkanes) is 2. The summed E-state index contributed by atoms with van der Waals surface area (Å²) >= 11 is 0. The van der Waals surface area contributed by atoms with Gasteiger partial charge in [0.05, 0.1) is 19.9 Å². The average molecular weight is 358 g/mol. The van der Waals surface area contributed by atoms with Gasteiger partial charge in [0.2, 0.25) is 5.95 Å². The van der Waals surface area contributed by atoms with Gasteiger partial charge in [0, 0.05) is 18.3 Å². The van der Waals surface area contributed by atoms with Crippen molar-refractivity contribution in [1.82, 2.24) is 9.97 Å². The Kier molecular flexibility index (Phi) is 7.20. The van der Waals surface area contributed by atoms with Gasteiger partial charge in [0.15, 0.2) is 0 Å². The Hall–Kier alpha value is -2.83. The first kappa shape index (κ1) is 19.5. The van der Waals surface area contributed by atoms with E-state index in [1.807, 2.05) is 6.92 Å². The molecule has 7 heteroatoms. The normalized spacial score (nSPS) is 10.3. The van der Waals surface area contributed by atoms with Crippen molar-refractivity contribution in [1.29, 1.82) is 0 Å². The van der Waals surface area contributed by atoms with Crippen LogP contribution in [0.15, 0.2) is 24.3 Å². The summed E-state index contributed by atoms with van der Waals surface area (Å²) in [5, 5.41) is 5.99. The molecule has 0 spiro atoms. The highest BCUT2D eigenvalue weighted by Crippen LogP contribution is 2.29. The smallest absolute Gasteiger partial charge is 0.274 e. The van der Waals surface area contributed by atoms with Crippen LogP contribution in [0.2, 0.25) is 0 Å². The molecule has 0 aliphatic heterocycles. The van der Waals surface area contributed by atoms with E-state index >= 15 is 0 Å². The number of nitrogens with one attached hydrogen (secondary N) is 2. The van der Waals surface area contributed by atoms with E-state index in [-0.39, 0.29) is 5.91 Å². The number of benzene rings is 1. The topological polar surface area (TPSA) is 85.4 Å². The molecule has 1 aromatic heterocycles. The highest BCUT2D eigenvalue weighted by Gasteiger charge is 2.14. The second-order valence-electron chi connectivity index (χ2n) is 5.87. The Balaban J connectivity index is 2.15. The van der Waals surface area contributed by atoms with E-state index in [0.29, 0.717) is 28.8 Å². The molecular formula is C19H26N4O3. The maximum absolute atomic E-state index is 12.6. The molecule has 1 amide bonds. The molecule has 0 unspecified atom stereocenters. The van der Waals surface area contributed by atoms with E-state index in [2.05, 4.69) is 27.5 Å². The van der Waals surface area contributed by atoms with Gasteiger partial charge in [-0.2, -0.15) is 0 Å². The van der Waals surface area contributed by atoms with Crippen molar-refractivity contribution in [2.45, 2.75) is 33.1 Å². The van der Waals surface area contributed by atoms with Crippen LogP contribution < -0.4 is 20.1 Å². The number of methoxy groups -OCH3 is 2. The van der Waals surface area contributed by atoms with Gasteiger partial charge in [-0.3, -0.25) is 4.79 Å². The zero-order valence-electron chi connectivity index (χ0n) is 15.8. The largest absolute Gasteiger partial charge is 0.497 e. The molecule has 2 N–H and O–H groups in total. The molecule has 0 saturated carbocycles. The number of carbonyl (C=O) groups is 1. The minimum atomic E-state index is -0.335. The summed E-state index contributed by atoms with van der Waals surface area (Å²) in [6, 6.07) is 6.86. The second kappa shape index (κ2) is 9.60. The fraction of sp³-hybridized carbons (Fsp3) is 0.421. The van der Waals surface area contributed by atoms with Crippen LogP contribution in [0, 0.1) is 6.92 Å². The van der Waals surface area contributed by atoms with Crippen LogP contribution in [0.3, 0.4) is 0 Å². The van der Waals surface area contributed by atoms with Crippen molar-refractivity contribution in [2.24, 2.45) is 0 Å². The maximum Gasteiger partial charge on any atom is 0.274 e. The first-order valence-electron chi connectivity index (χ1n) is 8.70. The van der Waals surface area contributed by atoms with Gasteiger partial charge in [-0.05, 0) is 31.5 Å². The Morgan fingerprint density at radius 3 is 2.62 bits per heavy atom. The maximum atomic E-state index is 12.6. The van der Waals surface area contributed by atoms with Gasteiger partial charge in [0.1, 0.15) is 17.2 Å². The van der Waals surface area contributed by atoms with Crippen LogP contribution in [0.5, 0.6) is 11.5 Å². The van der Waals surface area contributed by atoms with Gasteiger partial charge in [0.25, 0.3) is 5.91 Å². The average Bonchev–Trinajstić information content (AvgIpc) is 2.64. The van der Waals surface area contributed by atoms with Crippen LogP contribution >= 0.6 is 0 Å². The number of aromatic nitrogens is 2. The Labute approximate surface area is 154 Å². The minimum Gasteiger partial charge on any atom is -0.497 e. The molecule has 0 saturated heterocycles. The molecule has 1 aromatic carbocycles. The molecule has 26 heavy (non-hydrogen) atoms. The fourth-order valence-corrected chi connectivity index (χ4v) is 2.44. The first-order chi connectivity index (χ1) is 12.6. The molecule has 0 fully saturated rings.